The molecule has 0 aliphatic heterocycles. The van der Waals surface area contributed by atoms with E-state index in [9.17, 15) is 23.6 Å². The van der Waals surface area contributed by atoms with Crippen LogP contribution in [0.5, 0.6) is 0 Å². The van der Waals surface area contributed by atoms with E-state index in [0.29, 0.717) is 17.8 Å². The van der Waals surface area contributed by atoms with Crippen molar-refractivity contribution in [2.24, 2.45) is 0 Å². The van der Waals surface area contributed by atoms with Crippen LogP contribution in [0, 0.1) is 0 Å². The molecule has 0 unspecified atom stereocenters. The van der Waals surface area contributed by atoms with Gasteiger partial charge >= 0.3 is 0 Å². The number of hydrogen-bond donors (Lipinski definition) is 2. The highest BCUT2D eigenvalue weighted by Gasteiger charge is 2.30. The first-order chi connectivity index (χ1) is 16.5. The first-order valence-corrected chi connectivity index (χ1v) is 11.0. The van der Waals surface area contributed by atoms with E-state index in [2.05, 4.69) is 10.6 Å². The number of nitrogens with zero attached hydrogens (tertiary/aromatic N) is 1. The van der Waals surface area contributed by atoms with Gasteiger partial charge in [0.15, 0.2) is 5.83 Å². The molecule has 3 aromatic rings. The Kier molecular flexibility index (Phi) is 6.22. The van der Waals surface area contributed by atoms with Gasteiger partial charge in [-0.25, -0.2) is 4.39 Å². The molecule has 1 aliphatic carbocycles. The van der Waals surface area contributed by atoms with Crippen LogP contribution in [0.1, 0.15) is 36.7 Å². The van der Waals surface area contributed by atoms with Gasteiger partial charge in [0.05, 0.1) is 5.57 Å². The molecule has 0 saturated carbocycles. The molecule has 1 aliphatic rings. The summed E-state index contributed by atoms with van der Waals surface area (Å²) in [7, 11) is 0. The van der Waals surface area contributed by atoms with Crippen LogP contribution < -0.4 is 10.6 Å². The summed E-state index contributed by atoms with van der Waals surface area (Å²) in [5, 5.41) is 6.38. The standard InChI is InChI=1S/C27H24FN3O4/c1-27(2,3)30-25(34)17-6-4-16(5-7-17)15-31-13-12-18-14-19(8-11-22(18)31)29-26(35)20-9-10-21(28)24(33)23(20)32/h4-14H,15H2,1-3H3,(H,29,35)(H,30,34). The van der Waals surface area contributed by atoms with E-state index < -0.39 is 28.9 Å². The molecule has 35 heavy (non-hydrogen) atoms. The van der Waals surface area contributed by atoms with E-state index >= 15 is 0 Å². The molecule has 1 aromatic heterocycles. The lowest BCUT2D eigenvalue weighted by Crippen LogP contribution is -2.40. The number of halogens is 1. The lowest BCUT2D eigenvalue weighted by molar-refractivity contribution is -0.134. The first-order valence-electron chi connectivity index (χ1n) is 11.0. The molecule has 4 rings (SSSR count). The SMILES string of the molecule is CC(C)(C)NC(=O)c1ccc(Cn2ccc3cc(NC(=O)C4=CC=C(F)C(=O)C4=O)ccc32)cc1. The number of rotatable bonds is 5. The second-order valence-electron chi connectivity index (χ2n) is 9.33. The lowest BCUT2D eigenvalue weighted by Gasteiger charge is -2.20. The fraction of sp³-hybridized carbons (Fsp3) is 0.185. The Hall–Kier alpha value is -4.33. The molecule has 0 radical (unpaired) electrons. The predicted molar refractivity (Wildman–Crippen MR) is 131 cm³/mol. The van der Waals surface area contributed by atoms with Crippen LogP contribution >= 0.6 is 0 Å². The van der Waals surface area contributed by atoms with Gasteiger partial charge < -0.3 is 15.2 Å². The summed E-state index contributed by atoms with van der Waals surface area (Å²) in [6, 6.07) is 14.6. The summed E-state index contributed by atoms with van der Waals surface area (Å²) in [5.74, 6) is -4.58. The largest absolute Gasteiger partial charge is 0.347 e. The van der Waals surface area contributed by atoms with Crippen molar-refractivity contribution in [2.75, 3.05) is 5.32 Å². The monoisotopic (exact) mass is 473 g/mol. The number of ketones is 2. The van der Waals surface area contributed by atoms with Gasteiger partial charge in [-0.2, -0.15) is 0 Å². The van der Waals surface area contributed by atoms with Gasteiger partial charge in [-0.05, 0) is 74.9 Å². The van der Waals surface area contributed by atoms with Crippen LogP contribution in [0.15, 0.2) is 78.3 Å². The second kappa shape index (κ2) is 9.13. The van der Waals surface area contributed by atoms with Gasteiger partial charge in [-0.3, -0.25) is 19.2 Å². The van der Waals surface area contributed by atoms with E-state index in [4.69, 9.17) is 0 Å². The number of allylic oxidation sites excluding steroid dienone is 3. The van der Waals surface area contributed by atoms with Crippen LogP contribution in [-0.4, -0.2) is 33.5 Å². The minimum absolute atomic E-state index is 0.124. The Bertz CT molecular complexity index is 1420. The van der Waals surface area contributed by atoms with Crippen LogP contribution in [0.2, 0.25) is 0 Å². The molecule has 2 aromatic carbocycles. The zero-order valence-electron chi connectivity index (χ0n) is 19.5. The highest BCUT2D eigenvalue weighted by molar-refractivity contribution is 6.55. The summed E-state index contributed by atoms with van der Waals surface area (Å²) >= 11 is 0. The van der Waals surface area contributed by atoms with Gasteiger partial charge in [-0.15, -0.1) is 0 Å². The molecule has 2 amide bonds. The van der Waals surface area contributed by atoms with Crippen molar-refractivity contribution in [1.82, 2.24) is 9.88 Å². The van der Waals surface area contributed by atoms with Crippen molar-refractivity contribution in [3.8, 4) is 0 Å². The summed E-state index contributed by atoms with van der Waals surface area (Å²) in [6.07, 6.45) is 3.73. The van der Waals surface area contributed by atoms with Crippen molar-refractivity contribution in [1.29, 1.82) is 0 Å². The van der Waals surface area contributed by atoms with E-state index in [0.717, 1.165) is 28.6 Å². The molecule has 0 fully saturated rings. The molecule has 178 valence electrons. The average Bonchev–Trinajstić information content (AvgIpc) is 3.18. The number of carbonyl (C=O) groups excluding carboxylic acids is 4. The van der Waals surface area contributed by atoms with Gasteiger partial charge in [0.2, 0.25) is 5.78 Å². The van der Waals surface area contributed by atoms with E-state index in [1.165, 1.54) is 0 Å². The Morgan fingerprint density at radius 1 is 0.914 bits per heavy atom. The van der Waals surface area contributed by atoms with Crippen LogP contribution in [0.3, 0.4) is 0 Å². The van der Waals surface area contributed by atoms with Crippen LogP contribution in [0.4, 0.5) is 10.1 Å². The number of amides is 2. The Morgan fingerprint density at radius 2 is 1.63 bits per heavy atom. The number of fused-ring (bicyclic) bond motifs is 1. The maximum atomic E-state index is 13.2. The zero-order chi connectivity index (χ0) is 25.3. The molecule has 0 atom stereocenters. The maximum Gasteiger partial charge on any atom is 0.261 e. The van der Waals surface area contributed by atoms with E-state index in [-0.39, 0.29) is 11.4 Å². The average molecular weight is 474 g/mol. The van der Waals surface area contributed by atoms with Crippen molar-refractivity contribution >= 4 is 40.0 Å². The molecule has 2 N–H and O–H groups in total. The Morgan fingerprint density at radius 3 is 2.31 bits per heavy atom. The lowest BCUT2D eigenvalue weighted by atomic mass is 10.0. The zero-order valence-corrected chi connectivity index (χ0v) is 19.5. The van der Waals surface area contributed by atoms with Crippen molar-refractivity contribution in [3.63, 3.8) is 0 Å². The topological polar surface area (TPSA) is 97.3 Å². The smallest absolute Gasteiger partial charge is 0.261 e. The Balaban J connectivity index is 1.47. The summed E-state index contributed by atoms with van der Waals surface area (Å²) in [5.41, 5.74) is 2.24. The maximum absolute atomic E-state index is 13.2. The second-order valence-corrected chi connectivity index (χ2v) is 9.33. The highest BCUT2D eigenvalue weighted by Crippen LogP contribution is 2.23. The Labute approximate surface area is 201 Å². The fourth-order valence-corrected chi connectivity index (χ4v) is 3.70. The van der Waals surface area contributed by atoms with E-state index in [1.807, 2.05) is 55.8 Å². The number of hydrogen-bond acceptors (Lipinski definition) is 4. The van der Waals surface area contributed by atoms with E-state index in [1.54, 1.807) is 24.3 Å². The van der Waals surface area contributed by atoms with Crippen molar-refractivity contribution in [2.45, 2.75) is 32.9 Å². The number of nitrogens with one attached hydrogen (secondary N) is 2. The third-order valence-corrected chi connectivity index (χ3v) is 5.40. The number of benzene rings is 2. The summed E-state index contributed by atoms with van der Waals surface area (Å²) < 4.78 is 15.3. The number of Topliss-reactive ketones (excluding diaryl/α,β-unsaturated/α-hetero) is 2. The van der Waals surface area contributed by atoms with Crippen LogP contribution in [-0.2, 0) is 20.9 Å². The molecular formula is C27H24FN3O4. The number of carbonyl (C=O) groups is 4. The van der Waals surface area contributed by atoms with Gasteiger partial charge in [0.1, 0.15) is 0 Å². The molecule has 0 spiro atoms. The van der Waals surface area contributed by atoms with Gasteiger partial charge in [0, 0.05) is 40.4 Å². The summed E-state index contributed by atoms with van der Waals surface area (Å²) in [4.78, 5) is 48.1. The van der Waals surface area contributed by atoms with Crippen LogP contribution in [0.25, 0.3) is 10.9 Å². The molecular weight excluding hydrogens is 449 g/mol. The minimum atomic E-state index is -1.33. The molecule has 0 saturated heterocycles. The molecule has 8 heteroatoms. The van der Waals surface area contributed by atoms with Gasteiger partial charge in [0.25, 0.3) is 17.6 Å². The third-order valence-electron chi connectivity index (χ3n) is 5.40. The van der Waals surface area contributed by atoms with Gasteiger partial charge in [-0.1, -0.05) is 12.1 Å². The molecule has 7 nitrogen and oxygen atoms in total. The quantitative estimate of drug-likeness (QED) is 0.331. The fourth-order valence-electron chi connectivity index (χ4n) is 3.70. The van der Waals surface area contributed by atoms with Crippen molar-refractivity contribution < 1.29 is 23.6 Å². The molecule has 0 bridgehead atoms. The normalized spacial score (nSPS) is 13.9. The number of anilines is 1. The summed E-state index contributed by atoms with van der Waals surface area (Å²) in [6.45, 7) is 6.37. The predicted octanol–water partition coefficient (Wildman–Crippen LogP) is 4.09. The highest BCUT2D eigenvalue weighted by atomic mass is 19.1. The first kappa shape index (κ1) is 23.8. The van der Waals surface area contributed by atoms with Crippen molar-refractivity contribution in [3.05, 3.63) is 89.4 Å². The molecule has 1 heterocycles. The third kappa shape index (κ3) is 5.27. The number of aromatic nitrogens is 1. The minimum Gasteiger partial charge on any atom is -0.347 e.